The van der Waals surface area contributed by atoms with Crippen molar-refractivity contribution >= 4 is 11.6 Å². The summed E-state index contributed by atoms with van der Waals surface area (Å²) >= 11 is 5.90. The summed E-state index contributed by atoms with van der Waals surface area (Å²) in [5.41, 5.74) is 4.17. The Bertz CT molecular complexity index is 394. The maximum atomic E-state index is 10.2. The molecule has 2 heteroatoms. The van der Waals surface area contributed by atoms with Gasteiger partial charge in [-0.25, -0.2) is 0 Å². The zero-order chi connectivity index (χ0) is 12.5. The fourth-order valence-electron chi connectivity index (χ4n) is 1.92. The average Bonchev–Trinajstić information content (AvgIpc) is 2.24. The van der Waals surface area contributed by atoms with Gasteiger partial charge in [0.25, 0.3) is 0 Å². The van der Waals surface area contributed by atoms with Crippen LogP contribution in [0, 0.1) is 13.8 Å². The number of benzene rings is 1. The number of aromatic hydroxyl groups is 1. The van der Waals surface area contributed by atoms with Crippen LogP contribution in [0.1, 0.15) is 49.4 Å². The lowest BCUT2D eigenvalue weighted by molar-refractivity contribution is 0.424. The Morgan fingerprint density at radius 1 is 1.31 bits per heavy atom. The first kappa shape index (κ1) is 13.4. The summed E-state index contributed by atoms with van der Waals surface area (Å²) in [5, 5.41) is 10.2. The third kappa shape index (κ3) is 2.20. The second-order valence-electron chi connectivity index (χ2n) is 5.06. The molecule has 0 saturated heterocycles. The molecule has 0 fully saturated rings. The highest BCUT2D eigenvalue weighted by molar-refractivity contribution is 6.17. The molecule has 0 aromatic heterocycles. The highest BCUT2D eigenvalue weighted by atomic mass is 35.5. The molecule has 1 aromatic rings. The zero-order valence-corrected chi connectivity index (χ0v) is 11.6. The van der Waals surface area contributed by atoms with Crippen LogP contribution in [0.5, 0.6) is 5.75 Å². The fourth-order valence-corrected chi connectivity index (χ4v) is 2.34. The first-order valence-corrected chi connectivity index (χ1v) is 6.27. The van der Waals surface area contributed by atoms with E-state index in [2.05, 4.69) is 33.8 Å². The number of phenols is 1. The predicted octanol–water partition coefficient (Wildman–Crippen LogP) is 4.44. The number of rotatable bonds is 3. The maximum absolute atomic E-state index is 10.2. The number of hydrogen-bond donors (Lipinski definition) is 1. The third-order valence-electron chi connectivity index (χ3n) is 3.65. The van der Waals surface area contributed by atoms with Crippen LogP contribution in [-0.4, -0.2) is 5.11 Å². The third-order valence-corrected chi connectivity index (χ3v) is 3.91. The second-order valence-corrected chi connectivity index (χ2v) is 5.33. The standard InChI is InChI=1S/C14H21ClO/c1-6-14(4,5)12-7-9(2)11(8-15)10(3)13(12)16/h7,16H,6,8H2,1-5H3. The van der Waals surface area contributed by atoms with E-state index in [1.54, 1.807) is 0 Å². The maximum Gasteiger partial charge on any atom is 0.122 e. The molecular weight excluding hydrogens is 220 g/mol. The Hall–Kier alpha value is -0.690. The Kier molecular flexibility index (Phi) is 3.90. The number of halogens is 1. The van der Waals surface area contributed by atoms with E-state index < -0.39 is 0 Å². The summed E-state index contributed by atoms with van der Waals surface area (Å²) in [6.07, 6.45) is 1.000. The largest absolute Gasteiger partial charge is 0.507 e. The molecule has 0 atom stereocenters. The van der Waals surface area contributed by atoms with Gasteiger partial charge >= 0.3 is 0 Å². The van der Waals surface area contributed by atoms with Gasteiger partial charge in [-0.2, -0.15) is 0 Å². The van der Waals surface area contributed by atoms with Gasteiger partial charge in [0, 0.05) is 11.4 Å². The van der Waals surface area contributed by atoms with Crippen LogP contribution in [0.25, 0.3) is 0 Å². The van der Waals surface area contributed by atoms with Crippen LogP contribution in [0.4, 0.5) is 0 Å². The molecule has 0 unspecified atom stereocenters. The SMILES string of the molecule is CCC(C)(C)c1cc(C)c(CCl)c(C)c1O. The molecule has 1 rings (SSSR count). The second kappa shape index (κ2) is 4.67. The number of aryl methyl sites for hydroxylation is 1. The molecule has 0 heterocycles. The van der Waals surface area contributed by atoms with Crippen LogP contribution >= 0.6 is 11.6 Å². The number of phenolic OH excluding ortho intramolecular Hbond substituents is 1. The highest BCUT2D eigenvalue weighted by Crippen LogP contribution is 2.38. The lowest BCUT2D eigenvalue weighted by Crippen LogP contribution is -2.17. The quantitative estimate of drug-likeness (QED) is 0.775. The van der Waals surface area contributed by atoms with Crippen molar-refractivity contribution in [1.82, 2.24) is 0 Å². The minimum atomic E-state index is 0.00441. The molecule has 16 heavy (non-hydrogen) atoms. The monoisotopic (exact) mass is 240 g/mol. The van der Waals surface area contributed by atoms with E-state index in [0.717, 1.165) is 23.1 Å². The topological polar surface area (TPSA) is 20.2 Å². The number of alkyl halides is 1. The molecular formula is C14H21ClO. The Morgan fingerprint density at radius 3 is 2.31 bits per heavy atom. The molecule has 1 N–H and O–H groups in total. The molecule has 0 saturated carbocycles. The molecule has 0 aliphatic carbocycles. The van der Waals surface area contributed by atoms with E-state index in [1.165, 1.54) is 5.56 Å². The lowest BCUT2D eigenvalue weighted by Gasteiger charge is -2.27. The van der Waals surface area contributed by atoms with Crippen molar-refractivity contribution < 1.29 is 5.11 Å². The van der Waals surface area contributed by atoms with Gasteiger partial charge in [0.15, 0.2) is 0 Å². The van der Waals surface area contributed by atoms with E-state index in [9.17, 15) is 5.11 Å². The van der Waals surface area contributed by atoms with Crippen molar-refractivity contribution in [3.63, 3.8) is 0 Å². The van der Waals surface area contributed by atoms with E-state index in [-0.39, 0.29) is 5.41 Å². The van der Waals surface area contributed by atoms with Crippen molar-refractivity contribution in [2.24, 2.45) is 0 Å². The van der Waals surface area contributed by atoms with Crippen molar-refractivity contribution in [2.75, 3.05) is 0 Å². The van der Waals surface area contributed by atoms with E-state index in [4.69, 9.17) is 11.6 Å². The van der Waals surface area contributed by atoms with Crippen molar-refractivity contribution in [1.29, 1.82) is 0 Å². The molecule has 1 aromatic carbocycles. The summed E-state index contributed by atoms with van der Waals surface area (Å²) < 4.78 is 0. The molecule has 0 aliphatic rings. The predicted molar refractivity (Wildman–Crippen MR) is 70.5 cm³/mol. The van der Waals surface area contributed by atoms with Crippen LogP contribution in [0.2, 0.25) is 0 Å². The molecule has 0 bridgehead atoms. The van der Waals surface area contributed by atoms with Gasteiger partial charge in [0.05, 0.1) is 0 Å². The fraction of sp³-hybridized carbons (Fsp3) is 0.571. The molecule has 0 radical (unpaired) electrons. The molecule has 90 valence electrons. The van der Waals surface area contributed by atoms with Gasteiger partial charge in [-0.3, -0.25) is 0 Å². The zero-order valence-electron chi connectivity index (χ0n) is 10.8. The van der Waals surface area contributed by atoms with Crippen molar-refractivity contribution in [3.05, 3.63) is 28.3 Å². The minimum absolute atomic E-state index is 0.00441. The summed E-state index contributed by atoms with van der Waals surface area (Å²) in [6.45, 7) is 10.4. The van der Waals surface area contributed by atoms with Gasteiger partial charge in [-0.1, -0.05) is 26.8 Å². The first-order chi connectivity index (χ1) is 7.35. The van der Waals surface area contributed by atoms with Crippen LogP contribution in [0.15, 0.2) is 6.07 Å². The normalized spacial score (nSPS) is 11.9. The van der Waals surface area contributed by atoms with Gasteiger partial charge in [0.1, 0.15) is 5.75 Å². The molecule has 0 spiro atoms. The van der Waals surface area contributed by atoms with Gasteiger partial charge in [0.2, 0.25) is 0 Å². The molecule has 0 amide bonds. The Balaban J connectivity index is 3.45. The van der Waals surface area contributed by atoms with Crippen molar-refractivity contribution in [2.45, 2.75) is 52.3 Å². The van der Waals surface area contributed by atoms with Gasteiger partial charge < -0.3 is 5.11 Å². The van der Waals surface area contributed by atoms with Crippen LogP contribution in [0.3, 0.4) is 0 Å². The smallest absolute Gasteiger partial charge is 0.122 e. The summed E-state index contributed by atoms with van der Waals surface area (Å²) in [5.74, 6) is 0.867. The highest BCUT2D eigenvalue weighted by Gasteiger charge is 2.24. The van der Waals surface area contributed by atoms with E-state index in [0.29, 0.717) is 11.6 Å². The van der Waals surface area contributed by atoms with E-state index in [1.807, 2.05) is 6.92 Å². The van der Waals surface area contributed by atoms with Crippen LogP contribution < -0.4 is 0 Å². The molecule has 0 aliphatic heterocycles. The summed E-state index contributed by atoms with van der Waals surface area (Å²) in [7, 11) is 0. The Morgan fingerprint density at radius 2 is 1.88 bits per heavy atom. The van der Waals surface area contributed by atoms with E-state index >= 15 is 0 Å². The van der Waals surface area contributed by atoms with Gasteiger partial charge in [-0.15, -0.1) is 11.6 Å². The molecule has 1 nitrogen and oxygen atoms in total. The lowest BCUT2D eigenvalue weighted by atomic mass is 9.79. The Labute approximate surface area is 103 Å². The van der Waals surface area contributed by atoms with Crippen LogP contribution in [-0.2, 0) is 11.3 Å². The average molecular weight is 241 g/mol. The van der Waals surface area contributed by atoms with Gasteiger partial charge in [-0.05, 0) is 42.4 Å². The summed E-state index contributed by atoms with van der Waals surface area (Å²) in [6, 6.07) is 2.07. The first-order valence-electron chi connectivity index (χ1n) is 5.73. The number of hydrogen-bond acceptors (Lipinski definition) is 1. The summed E-state index contributed by atoms with van der Waals surface area (Å²) in [4.78, 5) is 0. The minimum Gasteiger partial charge on any atom is -0.507 e. The van der Waals surface area contributed by atoms with Crippen molar-refractivity contribution in [3.8, 4) is 5.75 Å².